The van der Waals surface area contributed by atoms with Crippen molar-refractivity contribution in [1.82, 2.24) is 4.98 Å². The van der Waals surface area contributed by atoms with E-state index >= 15 is 0 Å². The summed E-state index contributed by atoms with van der Waals surface area (Å²) in [5.41, 5.74) is 4.17. The number of hydrogen-bond donors (Lipinski definition) is 1. The Bertz CT molecular complexity index is 711. The maximum absolute atomic E-state index is 10.7. The Balaban J connectivity index is 1.93. The molecule has 1 aliphatic rings. The quantitative estimate of drug-likeness (QED) is 0.692. The van der Waals surface area contributed by atoms with Crippen LogP contribution in [0.15, 0.2) is 24.3 Å². The van der Waals surface area contributed by atoms with Gasteiger partial charge in [0.1, 0.15) is 5.75 Å². The van der Waals surface area contributed by atoms with Gasteiger partial charge in [-0.15, -0.1) is 0 Å². The number of hydrogen-bond acceptors (Lipinski definition) is 5. The number of aryl methyl sites for hydroxylation is 1. The molecule has 0 fully saturated rings. The predicted octanol–water partition coefficient (Wildman–Crippen LogP) is 2.62. The van der Waals surface area contributed by atoms with Gasteiger partial charge >= 0.3 is 0 Å². The van der Waals surface area contributed by atoms with Crippen LogP contribution in [0, 0.1) is 17.0 Å². The highest BCUT2D eigenvalue weighted by Crippen LogP contribution is 2.33. The van der Waals surface area contributed by atoms with Gasteiger partial charge in [0.2, 0.25) is 0 Å². The number of aromatic hydroxyl groups is 1. The van der Waals surface area contributed by atoms with Crippen LogP contribution in [-0.4, -0.2) is 15.0 Å². The maximum Gasteiger partial charge on any atom is 0.269 e. The molecule has 2 aromatic rings. The Morgan fingerprint density at radius 3 is 2.62 bits per heavy atom. The Morgan fingerprint density at radius 1 is 1.29 bits per heavy atom. The van der Waals surface area contributed by atoms with Crippen LogP contribution in [0.2, 0.25) is 0 Å². The molecule has 108 valence electrons. The van der Waals surface area contributed by atoms with Crippen LogP contribution in [0.25, 0.3) is 0 Å². The zero-order valence-electron chi connectivity index (χ0n) is 11.5. The van der Waals surface area contributed by atoms with Crippen molar-refractivity contribution in [2.75, 3.05) is 0 Å². The molecule has 0 spiro atoms. The Hall–Kier alpha value is -2.47. The lowest BCUT2D eigenvalue weighted by molar-refractivity contribution is -0.384. The smallest absolute Gasteiger partial charge is 0.269 e. The van der Waals surface area contributed by atoms with Gasteiger partial charge in [-0.3, -0.25) is 15.1 Å². The number of ether oxygens (including phenoxy) is 1. The van der Waals surface area contributed by atoms with Gasteiger partial charge in [0.25, 0.3) is 5.69 Å². The number of pyridine rings is 1. The summed E-state index contributed by atoms with van der Waals surface area (Å²) >= 11 is 0. The molecule has 0 aliphatic carbocycles. The molecule has 21 heavy (non-hydrogen) atoms. The van der Waals surface area contributed by atoms with Crippen molar-refractivity contribution in [1.29, 1.82) is 0 Å². The Morgan fingerprint density at radius 2 is 1.95 bits per heavy atom. The second-order valence-electron chi connectivity index (χ2n) is 5.04. The molecule has 6 heteroatoms. The number of nitro groups is 1. The zero-order chi connectivity index (χ0) is 15.0. The van der Waals surface area contributed by atoms with E-state index < -0.39 is 4.92 Å². The minimum atomic E-state index is -0.418. The van der Waals surface area contributed by atoms with Gasteiger partial charge in [-0.25, -0.2) is 0 Å². The summed E-state index contributed by atoms with van der Waals surface area (Å²) in [7, 11) is 0. The Labute approximate surface area is 121 Å². The van der Waals surface area contributed by atoms with Crippen molar-refractivity contribution in [3.8, 4) is 5.75 Å². The molecule has 2 heterocycles. The lowest BCUT2D eigenvalue weighted by Gasteiger charge is -2.10. The lowest BCUT2D eigenvalue weighted by Crippen LogP contribution is -2.02. The van der Waals surface area contributed by atoms with Gasteiger partial charge in [0.05, 0.1) is 29.5 Å². The van der Waals surface area contributed by atoms with E-state index in [0.29, 0.717) is 25.3 Å². The standard InChI is InChI=1S/C15H14N2O4/c1-9-15(18)13-8-21-7-12(13)14(16-9)6-10-2-4-11(5-3-10)17(19)20/h2-5,18H,6-8H2,1H3. The van der Waals surface area contributed by atoms with E-state index in [4.69, 9.17) is 4.74 Å². The summed E-state index contributed by atoms with van der Waals surface area (Å²) in [6.07, 6.45) is 0.560. The fourth-order valence-electron chi connectivity index (χ4n) is 2.51. The molecule has 0 radical (unpaired) electrons. The topological polar surface area (TPSA) is 85.5 Å². The number of non-ortho nitro benzene ring substituents is 1. The second kappa shape index (κ2) is 5.14. The largest absolute Gasteiger partial charge is 0.506 e. The van der Waals surface area contributed by atoms with E-state index in [-0.39, 0.29) is 11.4 Å². The average molecular weight is 286 g/mol. The molecule has 0 saturated heterocycles. The van der Waals surface area contributed by atoms with E-state index in [1.165, 1.54) is 12.1 Å². The summed E-state index contributed by atoms with van der Waals surface area (Å²) in [6.45, 7) is 2.60. The first kappa shape index (κ1) is 13.5. The van der Waals surface area contributed by atoms with Gasteiger partial charge in [0, 0.05) is 29.7 Å². The van der Waals surface area contributed by atoms with Crippen LogP contribution in [0.4, 0.5) is 5.69 Å². The molecule has 1 aliphatic heterocycles. The SMILES string of the molecule is Cc1nc(Cc2ccc([N+](=O)[O-])cc2)c2c(c1O)COC2. The maximum atomic E-state index is 10.7. The fourth-order valence-corrected chi connectivity index (χ4v) is 2.51. The number of rotatable bonds is 3. The third-order valence-electron chi connectivity index (χ3n) is 3.66. The highest BCUT2D eigenvalue weighted by atomic mass is 16.6. The minimum absolute atomic E-state index is 0.0714. The third-order valence-corrected chi connectivity index (χ3v) is 3.66. The summed E-state index contributed by atoms with van der Waals surface area (Å²) in [5.74, 6) is 0.204. The molecule has 0 unspecified atom stereocenters. The normalized spacial score (nSPS) is 13.2. The molecule has 3 rings (SSSR count). The summed E-state index contributed by atoms with van der Waals surface area (Å²) in [4.78, 5) is 14.7. The number of nitrogens with zero attached hydrogens (tertiary/aromatic N) is 2. The molecule has 1 N–H and O–H groups in total. The van der Waals surface area contributed by atoms with Crippen molar-refractivity contribution in [3.05, 3.63) is 62.5 Å². The molecule has 0 bridgehead atoms. The number of benzene rings is 1. The average Bonchev–Trinajstić information content (AvgIpc) is 2.95. The van der Waals surface area contributed by atoms with Crippen LogP contribution in [0.5, 0.6) is 5.75 Å². The van der Waals surface area contributed by atoms with Gasteiger partial charge in [0.15, 0.2) is 0 Å². The monoisotopic (exact) mass is 286 g/mol. The highest BCUT2D eigenvalue weighted by Gasteiger charge is 2.22. The van der Waals surface area contributed by atoms with Crippen LogP contribution in [0.1, 0.15) is 28.1 Å². The van der Waals surface area contributed by atoms with Crippen molar-refractivity contribution in [2.24, 2.45) is 0 Å². The van der Waals surface area contributed by atoms with Crippen LogP contribution in [-0.2, 0) is 24.4 Å². The van der Waals surface area contributed by atoms with E-state index in [9.17, 15) is 15.2 Å². The second-order valence-corrected chi connectivity index (χ2v) is 5.04. The van der Waals surface area contributed by atoms with Gasteiger partial charge < -0.3 is 9.84 Å². The molecular formula is C15H14N2O4. The molecule has 1 aromatic carbocycles. The third kappa shape index (κ3) is 2.45. The summed E-state index contributed by atoms with van der Waals surface area (Å²) in [5, 5.41) is 20.6. The zero-order valence-corrected chi connectivity index (χ0v) is 11.5. The molecular weight excluding hydrogens is 272 g/mol. The molecule has 0 amide bonds. The van der Waals surface area contributed by atoms with E-state index in [1.807, 2.05) is 0 Å². The van der Waals surface area contributed by atoms with E-state index in [0.717, 1.165) is 22.4 Å². The minimum Gasteiger partial charge on any atom is -0.506 e. The number of aromatic nitrogens is 1. The van der Waals surface area contributed by atoms with Crippen LogP contribution < -0.4 is 0 Å². The first-order valence-corrected chi connectivity index (χ1v) is 6.57. The Kier molecular flexibility index (Phi) is 3.31. The first-order chi connectivity index (χ1) is 10.1. The van der Waals surface area contributed by atoms with Gasteiger partial charge in [-0.2, -0.15) is 0 Å². The predicted molar refractivity (Wildman–Crippen MR) is 75.0 cm³/mol. The van der Waals surface area contributed by atoms with Crippen LogP contribution in [0.3, 0.4) is 0 Å². The molecule has 0 saturated carbocycles. The van der Waals surface area contributed by atoms with E-state index in [2.05, 4.69) is 4.98 Å². The molecule has 1 aromatic heterocycles. The van der Waals surface area contributed by atoms with Gasteiger partial charge in [-0.05, 0) is 12.5 Å². The van der Waals surface area contributed by atoms with Gasteiger partial charge in [-0.1, -0.05) is 12.1 Å². The molecule has 6 nitrogen and oxygen atoms in total. The first-order valence-electron chi connectivity index (χ1n) is 6.57. The number of nitro benzene ring substituents is 1. The van der Waals surface area contributed by atoms with Crippen molar-refractivity contribution in [3.63, 3.8) is 0 Å². The van der Waals surface area contributed by atoms with Crippen molar-refractivity contribution < 1.29 is 14.8 Å². The van der Waals surface area contributed by atoms with Crippen molar-refractivity contribution in [2.45, 2.75) is 26.6 Å². The number of fused-ring (bicyclic) bond motifs is 1. The summed E-state index contributed by atoms with van der Waals surface area (Å²) < 4.78 is 5.39. The van der Waals surface area contributed by atoms with E-state index in [1.54, 1.807) is 19.1 Å². The lowest BCUT2D eigenvalue weighted by atomic mass is 10.0. The fraction of sp³-hybridized carbons (Fsp3) is 0.267. The van der Waals surface area contributed by atoms with Crippen molar-refractivity contribution >= 4 is 5.69 Å². The van der Waals surface area contributed by atoms with Crippen LogP contribution >= 0.6 is 0 Å². The molecule has 0 atom stereocenters. The highest BCUT2D eigenvalue weighted by molar-refractivity contribution is 5.46. The summed E-state index contributed by atoms with van der Waals surface area (Å²) in [6, 6.07) is 6.42.